The number of benzene rings is 1. The Bertz CT molecular complexity index is 1070. The van der Waals surface area contributed by atoms with Crippen LogP contribution in [0.2, 0.25) is 0 Å². The minimum absolute atomic E-state index is 0.192. The minimum Gasteiger partial charge on any atom is -0.347 e. The standard InChI is InChI=1S/C19H15FN4OS/c1-24-18-16(11-22-24)15(19(25)21-10-14-3-2-8-26-14)9-17(23-18)12-4-6-13(20)7-5-12/h2-9,11H,10H2,1H3,(H,21,25). The van der Waals surface area contributed by atoms with E-state index < -0.39 is 0 Å². The zero-order valence-electron chi connectivity index (χ0n) is 13.9. The summed E-state index contributed by atoms with van der Waals surface area (Å²) < 4.78 is 14.8. The van der Waals surface area contributed by atoms with Crippen molar-refractivity contribution in [2.24, 2.45) is 7.05 Å². The van der Waals surface area contributed by atoms with Crippen molar-refractivity contribution in [3.8, 4) is 11.3 Å². The molecule has 0 saturated carbocycles. The molecule has 0 aliphatic heterocycles. The van der Waals surface area contributed by atoms with Gasteiger partial charge in [-0.05, 0) is 41.8 Å². The van der Waals surface area contributed by atoms with Crippen LogP contribution >= 0.6 is 11.3 Å². The third-order valence-electron chi connectivity index (χ3n) is 4.09. The van der Waals surface area contributed by atoms with Gasteiger partial charge in [-0.2, -0.15) is 5.10 Å². The first-order valence-corrected chi connectivity index (χ1v) is 8.89. The molecular weight excluding hydrogens is 351 g/mol. The normalized spacial score (nSPS) is 11.0. The lowest BCUT2D eigenvalue weighted by atomic mass is 10.1. The first kappa shape index (κ1) is 16.4. The highest BCUT2D eigenvalue weighted by atomic mass is 32.1. The van der Waals surface area contributed by atoms with Gasteiger partial charge in [0.15, 0.2) is 5.65 Å². The number of aryl methyl sites for hydroxylation is 1. The molecule has 1 aromatic carbocycles. The Morgan fingerprint density at radius 1 is 1.27 bits per heavy atom. The summed E-state index contributed by atoms with van der Waals surface area (Å²) in [6.07, 6.45) is 1.64. The number of halogens is 1. The van der Waals surface area contributed by atoms with Gasteiger partial charge in [-0.1, -0.05) is 6.07 Å². The highest BCUT2D eigenvalue weighted by molar-refractivity contribution is 7.09. The summed E-state index contributed by atoms with van der Waals surface area (Å²) >= 11 is 1.59. The molecule has 1 amide bonds. The van der Waals surface area contributed by atoms with Crippen molar-refractivity contribution < 1.29 is 9.18 Å². The van der Waals surface area contributed by atoms with E-state index in [1.165, 1.54) is 12.1 Å². The van der Waals surface area contributed by atoms with Crippen LogP contribution in [0.15, 0.2) is 54.0 Å². The number of thiophene rings is 1. The zero-order chi connectivity index (χ0) is 18.1. The fraction of sp³-hybridized carbons (Fsp3) is 0.105. The quantitative estimate of drug-likeness (QED) is 0.598. The molecule has 1 N–H and O–H groups in total. The molecule has 0 unspecified atom stereocenters. The number of nitrogens with one attached hydrogen (secondary N) is 1. The number of carbonyl (C=O) groups is 1. The van der Waals surface area contributed by atoms with E-state index in [0.29, 0.717) is 28.8 Å². The molecule has 0 aliphatic carbocycles. The van der Waals surface area contributed by atoms with Crippen LogP contribution in [-0.4, -0.2) is 20.7 Å². The summed E-state index contributed by atoms with van der Waals surface area (Å²) in [4.78, 5) is 18.4. The van der Waals surface area contributed by atoms with E-state index in [4.69, 9.17) is 0 Å². The first-order chi connectivity index (χ1) is 12.6. The van der Waals surface area contributed by atoms with Gasteiger partial charge >= 0.3 is 0 Å². The minimum atomic E-state index is -0.315. The highest BCUT2D eigenvalue weighted by Gasteiger charge is 2.16. The van der Waals surface area contributed by atoms with Gasteiger partial charge in [0.1, 0.15) is 5.82 Å². The largest absolute Gasteiger partial charge is 0.347 e. The molecule has 0 saturated heterocycles. The van der Waals surface area contributed by atoms with Crippen LogP contribution in [0.25, 0.3) is 22.3 Å². The third kappa shape index (κ3) is 3.09. The molecule has 0 bridgehead atoms. The SMILES string of the molecule is Cn1ncc2c(C(=O)NCc3cccs3)cc(-c3ccc(F)cc3)nc21. The maximum Gasteiger partial charge on any atom is 0.252 e. The number of rotatable bonds is 4. The predicted octanol–water partition coefficient (Wildman–Crippen LogP) is 3.77. The van der Waals surface area contributed by atoms with Crippen molar-refractivity contribution >= 4 is 28.3 Å². The maximum atomic E-state index is 13.2. The Kier molecular flexibility index (Phi) is 4.22. The number of pyridine rings is 1. The van der Waals surface area contributed by atoms with Crippen molar-refractivity contribution in [1.82, 2.24) is 20.1 Å². The Morgan fingerprint density at radius 3 is 2.81 bits per heavy atom. The molecule has 7 heteroatoms. The Morgan fingerprint density at radius 2 is 2.08 bits per heavy atom. The average Bonchev–Trinajstić information content (AvgIpc) is 3.30. The summed E-state index contributed by atoms with van der Waals surface area (Å²) in [6, 6.07) is 11.7. The van der Waals surface area contributed by atoms with Gasteiger partial charge in [0.25, 0.3) is 5.91 Å². The van der Waals surface area contributed by atoms with E-state index in [2.05, 4.69) is 15.4 Å². The van der Waals surface area contributed by atoms with Crippen molar-refractivity contribution in [1.29, 1.82) is 0 Å². The Labute approximate surface area is 153 Å². The molecule has 130 valence electrons. The molecule has 4 aromatic rings. The van der Waals surface area contributed by atoms with Crippen molar-refractivity contribution in [3.05, 3.63) is 70.3 Å². The summed E-state index contributed by atoms with van der Waals surface area (Å²) in [7, 11) is 1.77. The number of hydrogen-bond acceptors (Lipinski definition) is 4. The number of aromatic nitrogens is 3. The van der Waals surface area contributed by atoms with E-state index in [9.17, 15) is 9.18 Å². The van der Waals surface area contributed by atoms with Crippen LogP contribution in [0.4, 0.5) is 4.39 Å². The lowest BCUT2D eigenvalue weighted by Crippen LogP contribution is -2.22. The Balaban J connectivity index is 1.74. The number of fused-ring (bicyclic) bond motifs is 1. The van der Waals surface area contributed by atoms with E-state index in [1.807, 2.05) is 17.5 Å². The lowest BCUT2D eigenvalue weighted by molar-refractivity contribution is 0.0953. The molecule has 0 aliphatic rings. The van der Waals surface area contributed by atoms with E-state index >= 15 is 0 Å². The molecule has 4 rings (SSSR count). The zero-order valence-corrected chi connectivity index (χ0v) is 14.8. The van der Waals surface area contributed by atoms with Gasteiger partial charge in [-0.3, -0.25) is 9.48 Å². The first-order valence-electron chi connectivity index (χ1n) is 8.01. The Hall–Kier alpha value is -3.06. The van der Waals surface area contributed by atoms with Crippen LogP contribution in [0, 0.1) is 5.82 Å². The molecule has 0 atom stereocenters. The van der Waals surface area contributed by atoms with Gasteiger partial charge < -0.3 is 5.32 Å². The number of amides is 1. The van der Waals surface area contributed by atoms with Gasteiger partial charge in [0.05, 0.1) is 29.4 Å². The fourth-order valence-electron chi connectivity index (χ4n) is 2.75. The maximum absolute atomic E-state index is 13.2. The molecule has 0 fully saturated rings. The van der Waals surface area contributed by atoms with Crippen molar-refractivity contribution in [3.63, 3.8) is 0 Å². The molecule has 26 heavy (non-hydrogen) atoms. The number of nitrogens with zero attached hydrogens (tertiary/aromatic N) is 3. The molecule has 3 heterocycles. The van der Waals surface area contributed by atoms with Gasteiger partial charge in [0, 0.05) is 17.5 Å². The van der Waals surface area contributed by atoms with Gasteiger partial charge in [-0.25, -0.2) is 9.37 Å². The van der Waals surface area contributed by atoms with Gasteiger partial charge in [-0.15, -0.1) is 11.3 Å². The highest BCUT2D eigenvalue weighted by Crippen LogP contribution is 2.25. The topological polar surface area (TPSA) is 59.8 Å². The summed E-state index contributed by atoms with van der Waals surface area (Å²) in [5.41, 5.74) is 2.44. The second kappa shape index (κ2) is 6.68. The average molecular weight is 366 g/mol. The van der Waals surface area contributed by atoms with Crippen LogP contribution in [0.3, 0.4) is 0 Å². The van der Waals surface area contributed by atoms with Crippen LogP contribution < -0.4 is 5.32 Å². The summed E-state index contributed by atoms with van der Waals surface area (Å²) in [5.74, 6) is -0.508. The fourth-order valence-corrected chi connectivity index (χ4v) is 3.39. The molecule has 0 spiro atoms. The van der Waals surface area contributed by atoms with Crippen molar-refractivity contribution in [2.45, 2.75) is 6.54 Å². The van der Waals surface area contributed by atoms with Crippen LogP contribution in [-0.2, 0) is 13.6 Å². The molecule has 0 radical (unpaired) electrons. The number of hydrogen-bond donors (Lipinski definition) is 1. The second-order valence-electron chi connectivity index (χ2n) is 5.83. The van der Waals surface area contributed by atoms with Crippen LogP contribution in [0.1, 0.15) is 15.2 Å². The predicted molar refractivity (Wildman–Crippen MR) is 99.4 cm³/mol. The summed E-state index contributed by atoms with van der Waals surface area (Å²) in [5, 5.41) is 9.81. The van der Waals surface area contributed by atoms with Crippen molar-refractivity contribution in [2.75, 3.05) is 0 Å². The number of carbonyl (C=O) groups excluding carboxylic acids is 1. The molecule has 5 nitrogen and oxygen atoms in total. The molecular formula is C19H15FN4OS. The van der Waals surface area contributed by atoms with Crippen LogP contribution in [0.5, 0.6) is 0 Å². The van der Waals surface area contributed by atoms with E-state index in [-0.39, 0.29) is 11.7 Å². The van der Waals surface area contributed by atoms with Gasteiger partial charge in [0.2, 0.25) is 0 Å². The summed E-state index contributed by atoms with van der Waals surface area (Å²) in [6.45, 7) is 0.465. The van der Waals surface area contributed by atoms with E-state index in [1.54, 1.807) is 47.5 Å². The monoisotopic (exact) mass is 366 g/mol. The second-order valence-corrected chi connectivity index (χ2v) is 6.86. The smallest absolute Gasteiger partial charge is 0.252 e. The lowest BCUT2D eigenvalue weighted by Gasteiger charge is -2.08. The third-order valence-corrected chi connectivity index (χ3v) is 4.97. The molecule has 3 aromatic heterocycles. The van der Waals surface area contributed by atoms with E-state index in [0.717, 1.165) is 10.4 Å².